The van der Waals surface area contributed by atoms with E-state index in [1.165, 1.54) is 10.4 Å². The molecule has 1 atom stereocenters. The minimum absolute atomic E-state index is 0.147. The van der Waals surface area contributed by atoms with E-state index >= 15 is 0 Å². The summed E-state index contributed by atoms with van der Waals surface area (Å²) in [6.07, 6.45) is 3.23. The molecular weight excluding hydrogens is 286 g/mol. The molecule has 3 aromatic rings. The molecule has 2 heterocycles. The molecule has 5 heteroatoms. The van der Waals surface area contributed by atoms with Gasteiger partial charge in [0, 0.05) is 4.88 Å². The van der Waals surface area contributed by atoms with Gasteiger partial charge < -0.3 is 9.52 Å². The van der Waals surface area contributed by atoms with E-state index in [-0.39, 0.29) is 11.5 Å². The van der Waals surface area contributed by atoms with Crippen molar-refractivity contribution in [1.82, 2.24) is 4.98 Å². The normalized spacial score (nSPS) is 17.8. The molecule has 0 saturated heterocycles. The number of hydrogen-bond donors (Lipinski definition) is 1. The molecule has 0 bridgehead atoms. The average Bonchev–Trinajstić information content (AvgIpc) is 3.12. The lowest BCUT2D eigenvalue weighted by atomic mass is 9.88. The molecule has 0 spiro atoms. The first-order valence-electron chi connectivity index (χ1n) is 6.93. The van der Waals surface area contributed by atoms with Gasteiger partial charge in [0.05, 0.1) is 11.5 Å². The molecule has 0 fully saturated rings. The first kappa shape index (κ1) is 12.6. The molecule has 0 aliphatic heterocycles. The maximum Gasteiger partial charge on any atom is 0.338 e. The fourth-order valence-corrected chi connectivity index (χ4v) is 4.02. The predicted molar refractivity (Wildman–Crippen MR) is 80.1 cm³/mol. The molecule has 1 N–H and O–H groups in total. The van der Waals surface area contributed by atoms with Gasteiger partial charge in [-0.1, -0.05) is 6.07 Å². The monoisotopic (exact) mass is 299 g/mol. The Morgan fingerprint density at radius 1 is 1.38 bits per heavy atom. The highest BCUT2D eigenvalue weighted by Gasteiger charge is 2.27. The first-order chi connectivity index (χ1) is 10.2. The van der Waals surface area contributed by atoms with E-state index in [1.807, 2.05) is 0 Å². The second-order valence-corrected chi connectivity index (χ2v) is 6.25. The third-order valence-corrected chi connectivity index (χ3v) is 5.01. The van der Waals surface area contributed by atoms with Crippen molar-refractivity contribution >= 4 is 28.4 Å². The summed E-state index contributed by atoms with van der Waals surface area (Å²) >= 11 is 1.78. The number of thiophene rings is 1. The summed E-state index contributed by atoms with van der Waals surface area (Å²) in [6, 6.07) is 7.16. The topological polar surface area (TPSA) is 63.3 Å². The highest BCUT2D eigenvalue weighted by molar-refractivity contribution is 7.10. The number of hydrogen-bond acceptors (Lipinski definition) is 4. The lowest BCUT2D eigenvalue weighted by Gasteiger charge is -2.19. The Labute approximate surface area is 125 Å². The molecule has 1 aromatic carbocycles. The predicted octanol–water partition coefficient (Wildman–Crippen LogP) is 4.06. The number of carboxylic acid groups (broad SMARTS) is 1. The van der Waals surface area contributed by atoms with Crippen molar-refractivity contribution in [3.8, 4) is 0 Å². The van der Waals surface area contributed by atoms with Gasteiger partial charge in [-0.05, 0) is 48.4 Å². The number of benzene rings is 1. The van der Waals surface area contributed by atoms with Gasteiger partial charge in [0.1, 0.15) is 5.52 Å². The number of aryl methyl sites for hydroxylation is 1. The Morgan fingerprint density at radius 3 is 3.14 bits per heavy atom. The van der Waals surface area contributed by atoms with Crippen LogP contribution >= 0.6 is 11.3 Å². The summed E-state index contributed by atoms with van der Waals surface area (Å²) < 4.78 is 5.85. The van der Waals surface area contributed by atoms with Crippen molar-refractivity contribution in [3.63, 3.8) is 0 Å². The highest BCUT2D eigenvalue weighted by Crippen LogP contribution is 2.39. The molecule has 0 amide bonds. The van der Waals surface area contributed by atoms with E-state index in [2.05, 4.69) is 16.4 Å². The maximum atomic E-state index is 11.3. The highest BCUT2D eigenvalue weighted by atomic mass is 32.1. The SMILES string of the molecule is O=C(O)c1cccc2oc(C3CCCc4sccc43)nc12. The van der Waals surface area contributed by atoms with Gasteiger partial charge >= 0.3 is 5.97 Å². The first-order valence-corrected chi connectivity index (χ1v) is 7.81. The number of carbonyl (C=O) groups is 1. The van der Waals surface area contributed by atoms with Gasteiger partial charge in [0.25, 0.3) is 0 Å². The third kappa shape index (κ3) is 1.96. The van der Waals surface area contributed by atoms with Gasteiger partial charge in [-0.25, -0.2) is 9.78 Å². The van der Waals surface area contributed by atoms with Crippen LogP contribution in [0.5, 0.6) is 0 Å². The smallest absolute Gasteiger partial charge is 0.338 e. The van der Waals surface area contributed by atoms with E-state index in [4.69, 9.17) is 4.42 Å². The van der Waals surface area contributed by atoms with Crippen LogP contribution in [0.25, 0.3) is 11.1 Å². The Hall–Kier alpha value is -2.14. The van der Waals surface area contributed by atoms with Crippen LogP contribution in [0.3, 0.4) is 0 Å². The molecule has 1 unspecified atom stereocenters. The van der Waals surface area contributed by atoms with Gasteiger partial charge in [0.2, 0.25) is 5.89 Å². The van der Waals surface area contributed by atoms with Crippen molar-refractivity contribution in [1.29, 1.82) is 0 Å². The van der Waals surface area contributed by atoms with Gasteiger partial charge in [-0.15, -0.1) is 11.3 Å². The number of carboxylic acids is 1. The standard InChI is InChI=1S/C16H13NO3S/c18-16(19)11-4-1-5-12-14(11)17-15(20-12)10-3-2-6-13-9(10)7-8-21-13/h1,4-5,7-8,10H,2-3,6H2,(H,18,19). The lowest BCUT2D eigenvalue weighted by Crippen LogP contribution is -2.08. The number of oxazole rings is 1. The molecule has 21 heavy (non-hydrogen) atoms. The van der Waals surface area contributed by atoms with Crippen molar-refractivity contribution in [2.75, 3.05) is 0 Å². The summed E-state index contributed by atoms with van der Waals surface area (Å²) in [7, 11) is 0. The second kappa shape index (κ2) is 4.70. The van der Waals surface area contributed by atoms with Gasteiger partial charge in [0.15, 0.2) is 5.58 Å². The van der Waals surface area contributed by atoms with Crippen molar-refractivity contribution in [2.24, 2.45) is 0 Å². The summed E-state index contributed by atoms with van der Waals surface area (Å²) in [5.41, 5.74) is 2.48. The number of para-hydroxylation sites is 1. The van der Waals surface area contributed by atoms with E-state index in [1.54, 1.807) is 29.5 Å². The Bertz CT molecular complexity index is 833. The quantitative estimate of drug-likeness (QED) is 0.775. The van der Waals surface area contributed by atoms with E-state index in [0.717, 1.165) is 19.3 Å². The summed E-state index contributed by atoms with van der Waals surface area (Å²) in [5.74, 6) is -0.188. The minimum Gasteiger partial charge on any atom is -0.478 e. The van der Waals surface area contributed by atoms with Crippen molar-refractivity contribution in [2.45, 2.75) is 25.2 Å². The molecule has 1 aliphatic rings. The van der Waals surface area contributed by atoms with Crippen LogP contribution in [-0.2, 0) is 6.42 Å². The van der Waals surface area contributed by atoms with Gasteiger partial charge in [-0.2, -0.15) is 0 Å². The third-order valence-electron chi connectivity index (χ3n) is 4.02. The Morgan fingerprint density at radius 2 is 2.29 bits per heavy atom. The molecular formula is C16H13NO3S. The van der Waals surface area contributed by atoms with Crippen LogP contribution < -0.4 is 0 Å². The molecule has 4 nitrogen and oxygen atoms in total. The van der Waals surface area contributed by atoms with Crippen LogP contribution in [0.15, 0.2) is 34.1 Å². The number of fused-ring (bicyclic) bond motifs is 2. The largest absolute Gasteiger partial charge is 0.478 e. The van der Waals surface area contributed by atoms with Crippen LogP contribution in [0.1, 0.15) is 45.4 Å². The van der Waals surface area contributed by atoms with Crippen LogP contribution in [0.2, 0.25) is 0 Å². The second-order valence-electron chi connectivity index (χ2n) is 5.25. The minimum atomic E-state index is -0.972. The van der Waals surface area contributed by atoms with E-state index in [0.29, 0.717) is 17.0 Å². The fraction of sp³-hybridized carbons (Fsp3) is 0.250. The molecule has 1 aliphatic carbocycles. The molecule has 0 saturated carbocycles. The summed E-state index contributed by atoms with van der Waals surface area (Å²) in [4.78, 5) is 17.2. The zero-order chi connectivity index (χ0) is 14.4. The maximum absolute atomic E-state index is 11.3. The molecule has 2 aromatic heterocycles. The lowest BCUT2D eigenvalue weighted by molar-refractivity contribution is 0.0699. The van der Waals surface area contributed by atoms with Gasteiger partial charge in [-0.3, -0.25) is 0 Å². The zero-order valence-corrected chi connectivity index (χ0v) is 12.0. The van der Waals surface area contributed by atoms with E-state index in [9.17, 15) is 9.90 Å². The fourth-order valence-electron chi connectivity index (χ4n) is 3.03. The molecule has 4 rings (SSSR count). The molecule has 106 valence electrons. The Balaban J connectivity index is 1.86. The molecule has 0 radical (unpaired) electrons. The summed E-state index contributed by atoms with van der Waals surface area (Å²) in [5, 5.41) is 11.4. The number of nitrogens with zero attached hydrogens (tertiary/aromatic N) is 1. The van der Waals surface area contributed by atoms with Crippen molar-refractivity contribution in [3.05, 3.63) is 51.5 Å². The number of aromatic carboxylic acids is 1. The number of aromatic nitrogens is 1. The van der Waals surface area contributed by atoms with Crippen molar-refractivity contribution < 1.29 is 14.3 Å². The number of rotatable bonds is 2. The Kier molecular flexibility index (Phi) is 2.82. The summed E-state index contributed by atoms with van der Waals surface area (Å²) in [6.45, 7) is 0. The average molecular weight is 299 g/mol. The van der Waals surface area contributed by atoms with E-state index < -0.39 is 5.97 Å². The zero-order valence-electron chi connectivity index (χ0n) is 11.2. The van der Waals surface area contributed by atoms with Crippen LogP contribution in [-0.4, -0.2) is 16.1 Å². The van der Waals surface area contributed by atoms with Crippen LogP contribution in [0, 0.1) is 0 Å². The van der Waals surface area contributed by atoms with Crippen LogP contribution in [0.4, 0.5) is 0 Å².